The van der Waals surface area contributed by atoms with Crippen molar-refractivity contribution in [2.24, 2.45) is 0 Å². The number of anilines is 1. The van der Waals surface area contributed by atoms with Crippen LogP contribution in [0.4, 0.5) is 5.13 Å². The summed E-state index contributed by atoms with van der Waals surface area (Å²) in [6.07, 6.45) is 0.449. The topological polar surface area (TPSA) is 118 Å². The number of amides is 1. The van der Waals surface area contributed by atoms with Crippen LogP contribution in [0.25, 0.3) is 22.6 Å². The van der Waals surface area contributed by atoms with E-state index in [2.05, 4.69) is 20.4 Å². The van der Waals surface area contributed by atoms with Gasteiger partial charge in [0.05, 0.1) is 34.1 Å². The molecule has 0 bridgehead atoms. The van der Waals surface area contributed by atoms with E-state index in [9.17, 15) is 4.79 Å². The number of thiazole rings is 1. The highest BCUT2D eigenvalue weighted by atomic mass is 32.1. The molecular formula is C24H24N4O6S. The average molecular weight is 497 g/mol. The molecular weight excluding hydrogens is 472 g/mol. The molecule has 0 saturated heterocycles. The third-order valence-electron chi connectivity index (χ3n) is 5.11. The molecule has 0 spiro atoms. The van der Waals surface area contributed by atoms with Crippen LogP contribution in [0, 0.1) is 0 Å². The highest BCUT2D eigenvalue weighted by molar-refractivity contribution is 7.14. The molecule has 4 rings (SSSR count). The molecule has 0 aliphatic heterocycles. The normalized spacial score (nSPS) is 10.6. The maximum atomic E-state index is 12.5. The van der Waals surface area contributed by atoms with Gasteiger partial charge in [-0.15, -0.1) is 11.3 Å². The summed E-state index contributed by atoms with van der Waals surface area (Å²) in [7, 11) is 6.30. The second kappa shape index (κ2) is 10.9. The quantitative estimate of drug-likeness (QED) is 0.339. The van der Waals surface area contributed by atoms with E-state index in [1.807, 2.05) is 17.5 Å². The zero-order valence-corrected chi connectivity index (χ0v) is 20.5. The van der Waals surface area contributed by atoms with Gasteiger partial charge in [-0.3, -0.25) is 4.79 Å². The smallest absolute Gasteiger partial charge is 0.227 e. The van der Waals surface area contributed by atoms with E-state index in [0.717, 1.165) is 5.56 Å². The van der Waals surface area contributed by atoms with Crippen molar-refractivity contribution in [3.8, 4) is 45.6 Å². The average Bonchev–Trinajstić information content (AvgIpc) is 3.56. The van der Waals surface area contributed by atoms with Gasteiger partial charge in [0.2, 0.25) is 17.6 Å². The molecule has 1 N–H and O–H groups in total. The molecule has 0 fully saturated rings. The third kappa shape index (κ3) is 5.52. The number of carbonyl (C=O) groups excluding carboxylic acids is 1. The van der Waals surface area contributed by atoms with Crippen LogP contribution in [-0.2, 0) is 11.2 Å². The van der Waals surface area contributed by atoms with Crippen LogP contribution in [0.2, 0.25) is 0 Å². The fourth-order valence-electron chi connectivity index (χ4n) is 3.32. The Kier molecular flexibility index (Phi) is 7.46. The molecule has 2 aromatic heterocycles. The first-order chi connectivity index (χ1) is 17.0. The van der Waals surface area contributed by atoms with E-state index < -0.39 is 0 Å². The molecule has 0 saturated carbocycles. The largest absolute Gasteiger partial charge is 0.497 e. The molecule has 35 heavy (non-hydrogen) atoms. The van der Waals surface area contributed by atoms with Crippen LogP contribution >= 0.6 is 11.3 Å². The Labute approximate surface area is 205 Å². The lowest BCUT2D eigenvalue weighted by Gasteiger charge is -2.08. The Morgan fingerprint density at radius 1 is 0.943 bits per heavy atom. The Bertz CT molecular complexity index is 1320. The molecule has 0 unspecified atom stereocenters. The lowest BCUT2D eigenvalue weighted by Crippen LogP contribution is -2.12. The number of methoxy groups -OCH3 is 4. The summed E-state index contributed by atoms with van der Waals surface area (Å²) in [4.78, 5) is 21.3. The summed E-state index contributed by atoms with van der Waals surface area (Å²) < 4.78 is 26.5. The van der Waals surface area contributed by atoms with Crippen molar-refractivity contribution < 1.29 is 28.3 Å². The Morgan fingerprint density at radius 2 is 1.74 bits per heavy atom. The van der Waals surface area contributed by atoms with Gasteiger partial charge in [0.1, 0.15) is 11.5 Å². The molecule has 2 heterocycles. The minimum Gasteiger partial charge on any atom is -0.497 e. The van der Waals surface area contributed by atoms with Gasteiger partial charge in [-0.2, -0.15) is 4.98 Å². The van der Waals surface area contributed by atoms with Crippen molar-refractivity contribution in [2.45, 2.75) is 12.8 Å². The molecule has 0 radical (unpaired) electrons. The maximum Gasteiger partial charge on any atom is 0.227 e. The van der Waals surface area contributed by atoms with Crippen molar-refractivity contribution in [3.63, 3.8) is 0 Å². The molecule has 11 heteroatoms. The van der Waals surface area contributed by atoms with Crippen molar-refractivity contribution in [1.29, 1.82) is 0 Å². The molecule has 10 nitrogen and oxygen atoms in total. The van der Waals surface area contributed by atoms with Crippen LogP contribution in [0.15, 0.2) is 46.3 Å². The number of aromatic nitrogens is 3. The molecule has 0 atom stereocenters. The Hall–Kier alpha value is -4.12. The zero-order valence-electron chi connectivity index (χ0n) is 19.7. The number of benzene rings is 2. The fraction of sp³-hybridized carbons (Fsp3) is 0.250. The summed E-state index contributed by atoms with van der Waals surface area (Å²) in [5.74, 6) is 3.03. The first-order valence-corrected chi connectivity index (χ1v) is 11.4. The summed E-state index contributed by atoms with van der Waals surface area (Å²) in [5.41, 5.74) is 2.21. The minimum absolute atomic E-state index is 0.161. The fourth-order valence-corrected chi connectivity index (χ4v) is 4.04. The van der Waals surface area contributed by atoms with Crippen molar-refractivity contribution in [1.82, 2.24) is 15.1 Å². The van der Waals surface area contributed by atoms with Gasteiger partial charge >= 0.3 is 0 Å². The minimum atomic E-state index is -0.210. The highest BCUT2D eigenvalue weighted by Gasteiger charge is 2.15. The predicted octanol–water partition coefficient (Wildman–Crippen LogP) is 4.47. The van der Waals surface area contributed by atoms with Gasteiger partial charge in [-0.25, -0.2) is 4.98 Å². The first-order valence-electron chi connectivity index (χ1n) is 10.6. The van der Waals surface area contributed by atoms with E-state index in [1.54, 1.807) is 52.7 Å². The Morgan fingerprint density at radius 3 is 2.49 bits per heavy atom. The van der Waals surface area contributed by atoms with Crippen LogP contribution in [-0.4, -0.2) is 49.5 Å². The monoisotopic (exact) mass is 496 g/mol. The van der Waals surface area contributed by atoms with Crippen LogP contribution < -0.4 is 24.3 Å². The standard InChI is InChI=1S/C24H24N4O6S/c1-30-15-6-7-16(19(12-15)32-3)17-13-35-24(25-17)26-21(29)9-10-22-27-23(28-34-22)14-5-8-18(31-2)20(11-14)33-4/h5-8,11-13H,9-10H2,1-4H3,(H,25,26,29). The van der Waals surface area contributed by atoms with Crippen LogP contribution in [0.3, 0.4) is 0 Å². The summed E-state index contributed by atoms with van der Waals surface area (Å²) in [5, 5.41) is 9.15. The summed E-state index contributed by atoms with van der Waals surface area (Å²) in [6.45, 7) is 0. The molecule has 0 aliphatic rings. The highest BCUT2D eigenvalue weighted by Crippen LogP contribution is 2.35. The molecule has 182 valence electrons. The van der Waals surface area contributed by atoms with Gasteiger partial charge in [-0.1, -0.05) is 5.16 Å². The van der Waals surface area contributed by atoms with Gasteiger partial charge in [0.25, 0.3) is 0 Å². The lowest BCUT2D eigenvalue weighted by molar-refractivity contribution is -0.116. The molecule has 1 amide bonds. The number of aryl methyl sites for hydroxylation is 1. The van der Waals surface area contributed by atoms with Crippen molar-refractivity contribution >= 4 is 22.4 Å². The van der Waals surface area contributed by atoms with E-state index >= 15 is 0 Å². The second-order valence-electron chi connectivity index (χ2n) is 7.23. The van der Waals surface area contributed by atoms with Crippen molar-refractivity contribution in [3.05, 3.63) is 47.7 Å². The second-order valence-corrected chi connectivity index (χ2v) is 8.09. The van der Waals surface area contributed by atoms with Gasteiger partial charge in [-0.05, 0) is 30.3 Å². The van der Waals surface area contributed by atoms with E-state index in [-0.39, 0.29) is 18.7 Å². The Balaban J connectivity index is 1.36. The number of hydrogen-bond acceptors (Lipinski definition) is 10. The predicted molar refractivity (Wildman–Crippen MR) is 130 cm³/mol. The summed E-state index contributed by atoms with van der Waals surface area (Å²) in [6, 6.07) is 10.8. The van der Waals surface area contributed by atoms with Crippen LogP contribution in [0.1, 0.15) is 12.3 Å². The SMILES string of the molecule is COc1ccc(-c2csc(NC(=O)CCc3nc(-c4ccc(OC)c(OC)c4)no3)n2)c(OC)c1. The number of carbonyl (C=O) groups is 1. The molecule has 0 aliphatic carbocycles. The van der Waals surface area contributed by atoms with E-state index in [4.69, 9.17) is 23.5 Å². The number of rotatable bonds is 10. The molecule has 2 aromatic carbocycles. The van der Waals surface area contributed by atoms with E-state index in [0.29, 0.717) is 51.1 Å². The number of nitrogens with zero attached hydrogens (tertiary/aromatic N) is 3. The van der Waals surface area contributed by atoms with Crippen LogP contribution in [0.5, 0.6) is 23.0 Å². The lowest BCUT2D eigenvalue weighted by atomic mass is 10.1. The van der Waals surface area contributed by atoms with Gasteiger partial charge < -0.3 is 28.8 Å². The number of hydrogen-bond donors (Lipinski definition) is 1. The summed E-state index contributed by atoms with van der Waals surface area (Å²) >= 11 is 1.33. The van der Waals surface area contributed by atoms with Gasteiger partial charge in [0, 0.05) is 35.4 Å². The molecule has 4 aromatic rings. The van der Waals surface area contributed by atoms with E-state index in [1.165, 1.54) is 11.3 Å². The third-order valence-corrected chi connectivity index (χ3v) is 5.87. The maximum absolute atomic E-state index is 12.5. The van der Waals surface area contributed by atoms with Gasteiger partial charge in [0.15, 0.2) is 16.6 Å². The zero-order chi connectivity index (χ0) is 24.8. The number of nitrogens with one attached hydrogen (secondary N) is 1. The first kappa shape index (κ1) is 24.0. The number of ether oxygens (including phenoxy) is 4. The van der Waals surface area contributed by atoms with Crippen molar-refractivity contribution in [2.75, 3.05) is 33.8 Å².